The highest BCUT2D eigenvalue weighted by Gasteiger charge is 2.02. The number of hydrogen-bond acceptors (Lipinski definition) is 8. The Morgan fingerprint density at radius 3 is 1.16 bits per heavy atom. The van der Waals surface area contributed by atoms with E-state index in [2.05, 4.69) is 48.6 Å². The van der Waals surface area contributed by atoms with Gasteiger partial charge in [0.25, 0.3) is 11.1 Å². The first-order chi connectivity index (χ1) is 24.4. The summed E-state index contributed by atoms with van der Waals surface area (Å²) in [6.45, 7) is 2.94. The molecule has 5 rings (SSSR count). The number of aromatic nitrogens is 2. The van der Waals surface area contributed by atoms with E-state index in [9.17, 15) is 19.8 Å². The van der Waals surface area contributed by atoms with Crippen LogP contribution in [-0.4, -0.2) is 59.0 Å². The molecule has 2 heterocycles. The summed E-state index contributed by atoms with van der Waals surface area (Å²) in [6.07, 6.45) is 11.5. The smallest absolute Gasteiger partial charge is 0.292 e. The van der Waals surface area contributed by atoms with Gasteiger partial charge in [0.15, 0.2) is 11.5 Å². The molecule has 0 unspecified atom stereocenters. The van der Waals surface area contributed by atoms with E-state index in [0.29, 0.717) is 52.7 Å². The van der Waals surface area contributed by atoms with Crippen molar-refractivity contribution in [2.45, 2.75) is 13.1 Å². The van der Waals surface area contributed by atoms with Gasteiger partial charge in [0, 0.05) is 25.5 Å². The van der Waals surface area contributed by atoms with Crippen molar-refractivity contribution >= 4 is 24.3 Å². The molecule has 0 aliphatic heterocycles. The molecule has 2 N–H and O–H groups in total. The van der Waals surface area contributed by atoms with E-state index in [-0.39, 0.29) is 11.5 Å². The van der Waals surface area contributed by atoms with Gasteiger partial charge in [0.1, 0.15) is 24.7 Å². The normalized spacial score (nSPS) is 11.4. The summed E-state index contributed by atoms with van der Waals surface area (Å²) in [4.78, 5) is 23.6. The highest BCUT2D eigenvalue weighted by molar-refractivity contribution is 5.73. The molecule has 50 heavy (non-hydrogen) atoms. The molecule has 0 saturated carbocycles. The number of rotatable bonds is 18. The summed E-state index contributed by atoms with van der Waals surface area (Å²) < 4.78 is 25.4. The highest BCUT2D eigenvalue weighted by atomic mass is 16.5. The van der Waals surface area contributed by atoms with Crippen molar-refractivity contribution in [3.8, 4) is 23.0 Å². The first kappa shape index (κ1) is 35.5. The van der Waals surface area contributed by atoms with Gasteiger partial charge in [0.2, 0.25) is 0 Å². The molecule has 0 spiro atoms. The lowest BCUT2D eigenvalue weighted by Gasteiger charge is -2.09. The van der Waals surface area contributed by atoms with E-state index in [4.69, 9.17) is 18.9 Å². The molecule has 3 aromatic carbocycles. The van der Waals surface area contributed by atoms with Crippen LogP contribution in [0.5, 0.6) is 23.0 Å². The average molecular weight is 677 g/mol. The molecule has 2 aromatic heterocycles. The molecule has 0 amide bonds. The second kappa shape index (κ2) is 18.6. The summed E-state index contributed by atoms with van der Waals surface area (Å²) in [5.41, 5.74) is 3.42. The summed E-state index contributed by atoms with van der Waals surface area (Å²) >= 11 is 0. The maximum absolute atomic E-state index is 11.8. The number of aromatic hydroxyl groups is 2. The third-order valence-corrected chi connectivity index (χ3v) is 7.58. The first-order valence-corrected chi connectivity index (χ1v) is 16.3. The van der Waals surface area contributed by atoms with Crippen LogP contribution in [0.1, 0.15) is 22.3 Å². The maximum atomic E-state index is 11.8. The molecule has 0 atom stereocenters. The molecule has 258 valence electrons. The second-order valence-corrected chi connectivity index (χ2v) is 11.2. The number of benzene rings is 3. The number of pyridine rings is 2. The van der Waals surface area contributed by atoms with Gasteiger partial charge in [-0.3, -0.25) is 9.59 Å². The summed E-state index contributed by atoms with van der Waals surface area (Å²) in [7, 11) is 0. The van der Waals surface area contributed by atoms with E-state index in [1.807, 2.05) is 48.5 Å². The molecule has 0 saturated heterocycles. The number of nitrogens with zero attached hydrogens (tertiary/aromatic N) is 2. The van der Waals surface area contributed by atoms with Gasteiger partial charge in [0.05, 0.1) is 26.4 Å². The van der Waals surface area contributed by atoms with Crippen molar-refractivity contribution in [1.29, 1.82) is 0 Å². The van der Waals surface area contributed by atoms with Gasteiger partial charge in [-0.25, -0.2) is 0 Å². The van der Waals surface area contributed by atoms with Crippen molar-refractivity contribution in [3.05, 3.63) is 152 Å². The van der Waals surface area contributed by atoms with Gasteiger partial charge in [-0.05, 0) is 70.8 Å². The Morgan fingerprint density at radius 1 is 0.460 bits per heavy atom. The van der Waals surface area contributed by atoms with Crippen LogP contribution in [0.2, 0.25) is 0 Å². The Morgan fingerprint density at radius 2 is 0.800 bits per heavy atom. The Labute approximate surface area is 290 Å². The van der Waals surface area contributed by atoms with Gasteiger partial charge in [-0.1, -0.05) is 72.8 Å². The van der Waals surface area contributed by atoms with E-state index in [0.717, 1.165) is 33.8 Å². The Bertz CT molecular complexity index is 1820. The zero-order chi connectivity index (χ0) is 35.0. The third kappa shape index (κ3) is 11.1. The molecule has 5 aromatic rings. The molecule has 0 radical (unpaired) electrons. The van der Waals surface area contributed by atoms with Crippen LogP contribution in [0.4, 0.5) is 0 Å². The zero-order valence-electron chi connectivity index (χ0n) is 27.6. The van der Waals surface area contributed by atoms with Crippen LogP contribution in [0.15, 0.2) is 119 Å². The van der Waals surface area contributed by atoms with E-state index in [1.54, 1.807) is 24.5 Å². The lowest BCUT2D eigenvalue weighted by Crippen LogP contribution is -2.21. The minimum Gasteiger partial charge on any atom is -0.503 e. The van der Waals surface area contributed by atoms with Crippen molar-refractivity contribution in [3.63, 3.8) is 0 Å². The minimum atomic E-state index is -0.431. The summed E-state index contributed by atoms with van der Waals surface area (Å²) in [5, 5.41) is 19.0. The minimum absolute atomic E-state index is 0.273. The number of hydrogen-bond donors (Lipinski definition) is 2. The van der Waals surface area contributed by atoms with Crippen molar-refractivity contribution < 1.29 is 29.2 Å². The van der Waals surface area contributed by atoms with Crippen molar-refractivity contribution in [2.75, 3.05) is 39.6 Å². The van der Waals surface area contributed by atoms with Crippen molar-refractivity contribution in [2.24, 2.45) is 0 Å². The predicted octanol–water partition coefficient (Wildman–Crippen LogP) is 5.95. The summed E-state index contributed by atoms with van der Waals surface area (Å²) in [5.74, 6) is 0.949. The Kier molecular flexibility index (Phi) is 13.2. The SMILES string of the molecule is O=c1c(O)cccn1CCOCCOc1ccc(/C=C/c2ccc(/C=C/c3ccc(OCCOCCn4cccc(O)c4=O)cc3)cc2)cc1. The third-order valence-electron chi connectivity index (χ3n) is 7.58. The lowest BCUT2D eigenvalue weighted by molar-refractivity contribution is 0.0937. The fraction of sp³-hybridized carbons (Fsp3) is 0.200. The standard InChI is InChI=1S/C40H40N2O8/c43-37-3-1-21-41(39(37)45)23-25-47-27-29-49-35-17-13-33(14-18-35)11-9-31-5-7-32(8-6-31)10-12-34-15-19-36(20-16-34)50-30-28-48-26-24-42-22-2-4-38(44)40(42)46/h1-22,43-44H,23-30H2/b11-9+,12-10+. The van der Waals surface area contributed by atoms with Crippen LogP contribution in [-0.2, 0) is 22.6 Å². The fourth-order valence-electron chi connectivity index (χ4n) is 4.82. The van der Waals surface area contributed by atoms with Gasteiger partial charge in [-0.2, -0.15) is 0 Å². The quantitative estimate of drug-likeness (QED) is 0.0863. The lowest BCUT2D eigenvalue weighted by atomic mass is 10.1. The Balaban J connectivity index is 0.966. The molecular formula is C40H40N2O8. The van der Waals surface area contributed by atoms with E-state index < -0.39 is 11.1 Å². The Hall–Kier alpha value is -5.84. The van der Waals surface area contributed by atoms with Crippen LogP contribution >= 0.6 is 0 Å². The van der Waals surface area contributed by atoms with Crippen LogP contribution < -0.4 is 20.6 Å². The molecule has 0 aliphatic rings. The number of ether oxygens (including phenoxy) is 4. The second-order valence-electron chi connectivity index (χ2n) is 11.2. The van der Waals surface area contributed by atoms with Crippen LogP contribution in [0.25, 0.3) is 24.3 Å². The van der Waals surface area contributed by atoms with Crippen LogP contribution in [0, 0.1) is 0 Å². The van der Waals surface area contributed by atoms with Gasteiger partial charge in [-0.15, -0.1) is 0 Å². The average Bonchev–Trinajstić information content (AvgIpc) is 3.14. The molecule has 0 fully saturated rings. The van der Waals surface area contributed by atoms with Crippen LogP contribution in [0.3, 0.4) is 0 Å². The van der Waals surface area contributed by atoms with Crippen molar-refractivity contribution in [1.82, 2.24) is 9.13 Å². The molecule has 0 aliphatic carbocycles. The molecule has 10 nitrogen and oxygen atoms in total. The highest BCUT2D eigenvalue weighted by Crippen LogP contribution is 2.17. The topological polar surface area (TPSA) is 121 Å². The monoisotopic (exact) mass is 676 g/mol. The molecule has 10 heteroatoms. The maximum Gasteiger partial charge on any atom is 0.292 e. The van der Waals surface area contributed by atoms with E-state index in [1.165, 1.54) is 21.3 Å². The summed E-state index contributed by atoms with van der Waals surface area (Å²) in [6, 6.07) is 29.9. The first-order valence-electron chi connectivity index (χ1n) is 16.3. The molecular weight excluding hydrogens is 636 g/mol. The van der Waals surface area contributed by atoms with Gasteiger partial charge < -0.3 is 38.3 Å². The zero-order valence-corrected chi connectivity index (χ0v) is 27.6. The van der Waals surface area contributed by atoms with E-state index >= 15 is 0 Å². The largest absolute Gasteiger partial charge is 0.503 e. The van der Waals surface area contributed by atoms with Gasteiger partial charge >= 0.3 is 0 Å². The fourth-order valence-corrected chi connectivity index (χ4v) is 4.82. The predicted molar refractivity (Wildman–Crippen MR) is 195 cm³/mol. The molecule has 0 bridgehead atoms.